The van der Waals surface area contributed by atoms with Crippen LogP contribution in [-0.4, -0.2) is 32.4 Å². The van der Waals surface area contributed by atoms with Crippen LogP contribution in [0.15, 0.2) is 0 Å². The summed E-state index contributed by atoms with van der Waals surface area (Å²) >= 11 is 0. The first-order valence-corrected chi connectivity index (χ1v) is 3.36. The van der Waals surface area contributed by atoms with Gasteiger partial charge in [0.2, 0.25) is 0 Å². The summed E-state index contributed by atoms with van der Waals surface area (Å²) in [5, 5.41) is 6.03. The molecule has 0 saturated carbocycles. The largest absolute Gasteiger partial charge is 0.315 e. The molecule has 2 nitrogen and oxygen atoms in total. The van der Waals surface area contributed by atoms with E-state index in [2.05, 4.69) is 10.6 Å². The minimum Gasteiger partial charge on any atom is -0.315 e. The Morgan fingerprint density at radius 2 is 2.44 bits per heavy atom. The first kappa shape index (κ1) is 6.96. The molecule has 3 heteroatoms. The number of rotatable bonds is 1. The summed E-state index contributed by atoms with van der Waals surface area (Å²) in [5.41, 5.74) is 0. The molecule has 1 heterocycles. The van der Waals surface area contributed by atoms with Crippen LogP contribution >= 0.6 is 0 Å². The molecule has 2 atom stereocenters. The third kappa shape index (κ3) is 1.63. The smallest absolute Gasteiger partial charge is 0.118 e. The van der Waals surface area contributed by atoms with Crippen molar-refractivity contribution in [1.29, 1.82) is 0 Å². The summed E-state index contributed by atoms with van der Waals surface area (Å²) in [4.78, 5) is 0. The summed E-state index contributed by atoms with van der Waals surface area (Å²) in [6.45, 7) is 1.58. The zero-order valence-corrected chi connectivity index (χ0v) is 5.65. The molecule has 1 aliphatic rings. The Hall–Kier alpha value is -0.150. The standard InChI is InChI=1S/C6H13FN2/c1-8-6-4-9-3-2-5(6)7/h5-6,8-9H,2-4H2,1H3/t5-,6-/m0/s1. The van der Waals surface area contributed by atoms with Crippen molar-refractivity contribution < 1.29 is 4.39 Å². The lowest BCUT2D eigenvalue weighted by molar-refractivity contribution is 0.208. The Kier molecular flexibility index (Phi) is 2.42. The SMILES string of the molecule is CN[C@H]1CNCC[C@@H]1F. The maximum absolute atomic E-state index is 12.7. The quantitative estimate of drug-likeness (QED) is 0.521. The lowest BCUT2D eigenvalue weighted by atomic mass is 10.1. The Bertz CT molecular complexity index is 87.1. The van der Waals surface area contributed by atoms with E-state index in [-0.39, 0.29) is 6.04 Å². The number of piperidine rings is 1. The van der Waals surface area contributed by atoms with Gasteiger partial charge in [-0.25, -0.2) is 4.39 Å². The molecule has 1 rings (SSSR count). The van der Waals surface area contributed by atoms with Crippen LogP contribution in [-0.2, 0) is 0 Å². The minimum absolute atomic E-state index is 0.0266. The number of likely N-dealkylation sites (N-methyl/N-ethyl adjacent to an activating group) is 1. The second kappa shape index (κ2) is 3.13. The highest BCUT2D eigenvalue weighted by Gasteiger charge is 2.21. The molecule has 0 unspecified atom stereocenters. The molecular formula is C6H13FN2. The van der Waals surface area contributed by atoms with Crippen molar-refractivity contribution in [3.63, 3.8) is 0 Å². The lowest BCUT2D eigenvalue weighted by Crippen LogP contribution is -2.48. The van der Waals surface area contributed by atoms with Gasteiger partial charge in [0, 0.05) is 6.54 Å². The molecule has 54 valence electrons. The minimum atomic E-state index is -0.656. The molecule has 2 N–H and O–H groups in total. The van der Waals surface area contributed by atoms with Gasteiger partial charge in [0.15, 0.2) is 0 Å². The monoisotopic (exact) mass is 132 g/mol. The molecule has 9 heavy (non-hydrogen) atoms. The Morgan fingerprint density at radius 1 is 1.67 bits per heavy atom. The summed E-state index contributed by atoms with van der Waals surface area (Å²) in [6, 6.07) is 0.0266. The summed E-state index contributed by atoms with van der Waals surface area (Å²) in [7, 11) is 1.80. The van der Waals surface area contributed by atoms with Gasteiger partial charge in [0.25, 0.3) is 0 Å². The zero-order chi connectivity index (χ0) is 6.69. The van der Waals surface area contributed by atoms with E-state index < -0.39 is 6.17 Å². The zero-order valence-electron chi connectivity index (χ0n) is 5.65. The van der Waals surface area contributed by atoms with Crippen LogP contribution in [0.4, 0.5) is 4.39 Å². The molecule has 0 bridgehead atoms. The van der Waals surface area contributed by atoms with Gasteiger partial charge in [0.05, 0.1) is 6.04 Å². The Morgan fingerprint density at radius 3 is 2.89 bits per heavy atom. The first-order valence-electron chi connectivity index (χ1n) is 3.36. The predicted molar refractivity (Wildman–Crippen MR) is 35.2 cm³/mol. The van der Waals surface area contributed by atoms with Gasteiger partial charge in [-0.1, -0.05) is 0 Å². The molecule has 0 radical (unpaired) electrons. The molecule has 0 aliphatic carbocycles. The van der Waals surface area contributed by atoms with Gasteiger partial charge in [-0.05, 0) is 20.0 Å². The van der Waals surface area contributed by atoms with Crippen LogP contribution in [0.3, 0.4) is 0 Å². The average Bonchev–Trinajstić information content (AvgIpc) is 1.89. The van der Waals surface area contributed by atoms with Gasteiger partial charge in [-0.15, -0.1) is 0 Å². The van der Waals surface area contributed by atoms with E-state index >= 15 is 0 Å². The number of hydrogen-bond donors (Lipinski definition) is 2. The maximum atomic E-state index is 12.7. The fourth-order valence-electron chi connectivity index (χ4n) is 1.11. The second-order valence-electron chi connectivity index (χ2n) is 2.40. The highest BCUT2D eigenvalue weighted by molar-refractivity contribution is 4.81. The maximum Gasteiger partial charge on any atom is 0.118 e. The van der Waals surface area contributed by atoms with Crippen molar-refractivity contribution in [3.05, 3.63) is 0 Å². The van der Waals surface area contributed by atoms with Crippen molar-refractivity contribution in [1.82, 2.24) is 10.6 Å². The summed E-state index contributed by atoms with van der Waals surface area (Å²) in [5.74, 6) is 0. The number of nitrogens with one attached hydrogen (secondary N) is 2. The average molecular weight is 132 g/mol. The molecule has 0 spiro atoms. The van der Waals surface area contributed by atoms with Crippen LogP contribution in [0, 0.1) is 0 Å². The highest BCUT2D eigenvalue weighted by atomic mass is 19.1. The third-order valence-electron chi connectivity index (χ3n) is 1.77. The number of alkyl halides is 1. The van der Waals surface area contributed by atoms with Crippen molar-refractivity contribution >= 4 is 0 Å². The fourth-order valence-corrected chi connectivity index (χ4v) is 1.11. The van der Waals surface area contributed by atoms with Crippen molar-refractivity contribution in [2.75, 3.05) is 20.1 Å². The molecule has 0 amide bonds. The first-order chi connectivity index (χ1) is 4.34. The van der Waals surface area contributed by atoms with Crippen LogP contribution in [0.5, 0.6) is 0 Å². The molecular weight excluding hydrogens is 119 g/mol. The van der Waals surface area contributed by atoms with Gasteiger partial charge >= 0.3 is 0 Å². The van der Waals surface area contributed by atoms with Gasteiger partial charge in [-0.2, -0.15) is 0 Å². The normalized spacial score (nSPS) is 36.7. The molecule has 1 saturated heterocycles. The van der Waals surface area contributed by atoms with Crippen molar-refractivity contribution in [3.8, 4) is 0 Å². The van der Waals surface area contributed by atoms with Gasteiger partial charge in [-0.3, -0.25) is 0 Å². The highest BCUT2D eigenvalue weighted by Crippen LogP contribution is 2.06. The number of hydrogen-bond acceptors (Lipinski definition) is 2. The van der Waals surface area contributed by atoms with E-state index in [4.69, 9.17) is 0 Å². The van der Waals surface area contributed by atoms with Crippen molar-refractivity contribution in [2.45, 2.75) is 18.6 Å². The van der Waals surface area contributed by atoms with E-state index in [9.17, 15) is 4.39 Å². The van der Waals surface area contributed by atoms with Crippen LogP contribution in [0.2, 0.25) is 0 Å². The predicted octanol–water partition coefficient (Wildman–Crippen LogP) is -0.0942. The van der Waals surface area contributed by atoms with Crippen LogP contribution in [0.1, 0.15) is 6.42 Å². The fraction of sp³-hybridized carbons (Fsp3) is 1.00. The van der Waals surface area contributed by atoms with E-state index in [1.807, 2.05) is 0 Å². The molecule has 0 aromatic heterocycles. The Balaban J connectivity index is 2.30. The summed E-state index contributed by atoms with van der Waals surface area (Å²) < 4.78 is 12.7. The van der Waals surface area contributed by atoms with Crippen molar-refractivity contribution in [2.24, 2.45) is 0 Å². The van der Waals surface area contributed by atoms with E-state index in [1.165, 1.54) is 0 Å². The third-order valence-corrected chi connectivity index (χ3v) is 1.77. The van der Waals surface area contributed by atoms with Gasteiger partial charge < -0.3 is 10.6 Å². The molecule has 1 aliphatic heterocycles. The topological polar surface area (TPSA) is 24.1 Å². The second-order valence-corrected chi connectivity index (χ2v) is 2.40. The Labute approximate surface area is 54.8 Å². The van der Waals surface area contributed by atoms with Gasteiger partial charge in [0.1, 0.15) is 6.17 Å². The summed E-state index contributed by atoms with van der Waals surface area (Å²) in [6.07, 6.45) is -0.0119. The van der Waals surface area contributed by atoms with E-state index in [0.29, 0.717) is 6.42 Å². The molecule has 1 fully saturated rings. The molecule has 0 aromatic carbocycles. The number of halogens is 1. The lowest BCUT2D eigenvalue weighted by Gasteiger charge is -2.25. The van der Waals surface area contributed by atoms with E-state index in [0.717, 1.165) is 13.1 Å². The van der Waals surface area contributed by atoms with E-state index in [1.54, 1.807) is 7.05 Å². The van der Waals surface area contributed by atoms with Crippen LogP contribution in [0.25, 0.3) is 0 Å². The molecule has 0 aromatic rings. The van der Waals surface area contributed by atoms with Crippen LogP contribution < -0.4 is 10.6 Å².